The third-order valence-corrected chi connectivity index (χ3v) is 4.48. The molecule has 78 valence electrons. The van der Waals surface area contributed by atoms with Gasteiger partial charge in [-0.3, -0.25) is 4.79 Å². The van der Waals surface area contributed by atoms with E-state index in [0.29, 0.717) is 11.7 Å². The first-order chi connectivity index (χ1) is 6.54. The maximum atomic E-state index is 12.0. The van der Waals surface area contributed by atoms with E-state index in [1.165, 1.54) is 6.42 Å². The van der Waals surface area contributed by atoms with Crippen molar-refractivity contribution < 1.29 is 9.53 Å². The topological polar surface area (TPSA) is 26.3 Å². The summed E-state index contributed by atoms with van der Waals surface area (Å²) in [6.45, 7) is 4.44. The van der Waals surface area contributed by atoms with Crippen molar-refractivity contribution in [3.63, 3.8) is 0 Å². The maximum Gasteiger partial charge on any atom is 0.143 e. The Morgan fingerprint density at radius 2 is 2.21 bits per heavy atom. The molecule has 0 aromatic carbocycles. The van der Waals surface area contributed by atoms with Crippen molar-refractivity contribution in [2.24, 2.45) is 16.7 Å². The van der Waals surface area contributed by atoms with Crippen LogP contribution in [0.5, 0.6) is 0 Å². The van der Waals surface area contributed by atoms with Crippen LogP contribution in [0.1, 0.15) is 33.1 Å². The molecule has 2 saturated carbocycles. The van der Waals surface area contributed by atoms with Crippen LogP contribution in [0.15, 0.2) is 12.3 Å². The summed E-state index contributed by atoms with van der Waals surface area (Å²) in [5.74, 6) is 0.989. The van der Waals surface area contributed by atoms with Crippen LogP contribution < -0.4 is 0 Å². The molecule has 2 bridgehead atoms. The fraction of sp³-hybridized carbons (Fsp3) is 0.750. The summed E-state index contributed by atoms with van der Waals surface area (Å²) in [6, 6.07) is 0. The lowest BCUT2D eigenvalue weighted by molar-refractivity contribution is -0.126. The second-order valence-electron chi connectivity index (χ2n) is 5.09. The van der Waals surface area contributed by atoms with Crippen molar-refractivity contribution in [1.82, 2.24) is 0 Å². The molecule has 2 fully saturated rings. The van der Waals surface area contributed by atoms with Crippen molar-refractivity contribution in [2.75, 3.05) is 7.11 Å². The van der Waals surface area contributed by atoms with Crippen molar-refractivity contribution in [3.05, 3.63) is 12.3 Å². The zero-order chi connectivity index (χ0) is 10.4. The molecule has 0 saturated heterocycles. The number of carbonyl (C=O) groups excluding carboxylic acids is 1. The van der Waals surface area contributed by atoms with Crippen molar-refractivity contribution >= 4 is 5.78 Å². The number of hydrogen-bond acceptors (Lipinski definition) is 2. The summed E-state index contributed by atoms with van der Waals surface area (Å²) in [4.78, 5) is 12.0. The minimum Gasteiger partial charge on any atom is -0.505 e. The van der Waals surface area contributed by atoms with Gasteiger partial charge in [-0.2, -0.15) is 0 Å². The highest BCUT2D eigenvalue weighted by Crippen LogP contribution is 2.64. The summed E-state index contributed by atoms with van der Waals surface area (Å²) in [5, 5.41) is 0. The van der Waals surface area contributed by atoms with Gasteiger partial charge in [0.25, 0.3) is 0 Å². The fourth-order valence-electron chi connectivity index (χ4n) is 3.29. The predicted octanol–water partition coefficient (Wildman–Crippen LogP) is 2.54. The number of Topliss-reactive ketones (excluding diaryl/α,β-unsaturated/α-hetero) is 1. The second-order valence-corrected chi connectivity index (χ2v) is 5.09. The Morgan fingerprint density at radius 3 is 2.64 bits per heavy atom. The van der Waals surface area contributed by atoms with E-state index in [9.17, 15) is 4.79 Å². The van der Waals surface area contributed by atoms with Crippen molar-refractivity contribution in [3.8, 4) is 0 Å². The molecule has 0 N–H and O–H groups in total. The molecule has 2 heteroatoms. The first kappa shape index (κ1) is 9.75. The average molecular weight is 194 g/mol. The highest BCUT2D eigenvalue weighted by Gasteiger charge is 2.62. The van der Waals surface area contributed by atoms with E-state index < -0.39 is 0 Å². The molecule has 0 amide bonds. The van der Waals surface area contributed by atoms with Crippen molar-refractivity contribution in [2.45, 2.75) is 33.1 Å². The molecular weight excluding hydrogens is 176 g/mol. The second kappa shape index (κ2) is 2.85. The van der Waals surface area contributed by atoms with Crippen LogP contribution in [0.3, 0.4) is 0 Å². The monoisotopic (exact) mass is 194 g/mol. The molecule has 0 radical (unpaired) electrons. The SMILES string of the molecule is CO/C=C\[C@@]12CC[C@@H](CC1=O)C2(C)C. The number of hydrogen-bond donors (Lipinski definition) is 0. The van der Waals surface area contributed by atoms with Gasteiger partial charge in [0.05, 0.1) is 18.8 Å². The number of ketones is 1. The lowest BCUT2D eigenvalue weighted by Crippen LogP contribution is -2.33. The summed E-state index contributed by atoms with van der Waals surface area (Å²) < 4.78 is 4.96. The lowest BCUT2D eigenvalue weighted by Gasteiger charge is -2.33. The van der Waals surface area contributed by atoms with E-state index in [-0.39, 0.29) is 10.8 Å². The van der Waals surface area contributed by atoms with Gasteiger partial charge in [0.2, 0.25) is 0 Å². The van der Waals surface area contributed by atoms with E-state index in [4.69, 9.17) is 4.74 Å². The molecule has 2 atom stereocenters. The van der Waals surface area contributed by atoms with E-state index in [1.54, 1.807) is 13.4 Å². The molecule has 0 heterocycles. The van der Waals surface area contributed by atoms with Gasteiger partial charge in [-0.05, 0) is 30.3 Å². The minimum absolute atomic E-state index is 0.124. The van der Waals surface area contributed by atoms with Gasteiger partial charge in [0, 0.05) is 6.42 Å². The first-order valence-corrected chi connectivity index (χ1v) is 5.28. The van der Waals surface area contributed by atoms with Crippen LogP contribution in [0, 0.1) is 16.7 Å². The Labute approximate surface area is 85.3 Å². The Balaban J connectivity index is 2.39. The number of carbonyl (C=O) groups is 1. The van der Waals surface area contributed by atoms with Gasteiger partial charge in [-0.1, -0.05) is 13.8 Å². The number of ether oxygens (including phenoxy) is 1. The number of fused-ring (bicyclic) bond motifs is 2. The Bertz CT molecular complexity index is 291. The molecule has 0 aromatic heterocycles. The van der Waals surface area contributed by atoms with E-state index in [2.05, 4.69) is 13.8 Å². The molecule has 14 heavy (non-hydrogen) atoms. The third kappa shape index (κ3) is 0.943. The number of rotatable bonds is 2. The summed E-state index contributed by atoms with van der Waals surface area (Å²) in [7, 11) is 1.63. The Hall–Kier alpha value is -0.790. The van der Waals surface area contributed by atoms with Gasteiger partial charge < -0.3 is 4.74 Å². The normalized spacial score (nSPS) is 39.6. The van der Waals surface area contributed by atoms with Crippen LogP contribution in [0.2, 0.25) is 0 Å². The summed E-state index contributed by atoms with van der Waals surface area (Å²) >= 11 is 0. The van der Waals surface area contributed by atoms with Crippen LogP contribution in [0.25, 0.3) is 0 Å². The number of allylic oxidation sites excluding steroid dienone is 1. The fourth-order valence-corrected chi connectivity index (χ4v) is 3.29. The van der Waals surface area contributed by atoms with Gasteiger partial charge in [-0.25, -0.2) is 0 Å². The molecule has 2 nitrogen and oxygen atoms in total. The molecule has 2 rings (SSSR count). The summed E-state index contributed by atoms with van der Waals surface area (Å²) in [5.41, 5.74) is -0.104. The minimum atomic E-state index is -0.228. The highest BCUT2D eigenvalue weighted by atomic mass is 16.5. The molecule has 0 spiro atoms. The van der Waals surface area contributed by atoms with Crippen LogP contribution in [-0.4, -0.2) is 12.9 Å². The Kier molecular flexibility index (Phi) is 1.98. The maximum absolute atomic E-state index is 12.0. The quantitative estimate of drug-likeness (QED) is 0.631. The van der Waals surface area contributed by atoms with Crippen LogP contribution >= 0.6 is 0 Å². The zero-order valence-electron chi connectivity index (χ0n) is 9.17. The molecule has 0 aromatic rings. The Morgan fingerprint density at radius 1 is 1.50 bits per heavy atom. The van der Waals surface area contributed by atoms with Gasteiger partial charge in [-0.15, -0.1) is 0 Å². The molecule has 2 aliphatic carbocycles. The van der Waals surface area contributed by atoms with Gasteiger partial charge in [0.1, 0.15) is 5.78 Å². The first-order valence-electron chi connectivity index (χ1n) is 5.28. The van der Waals surface area contributed by atoms with E-state index in [1.807, 2.05) is 6.08 Å². The molecular formula is C12H18O2. The third-order valence-electron chi connectivity index (χ3n) is 4.48. The molecule has 0 unspecified atom stereocenters. The standard InChI is InChI=1S/C12H18O2/c1-11(2)9-4-5-12(11,6-7-14-3)10(13)8-9/h6-7,9H,4-5,8H2,1-3H3/b7-6-/t9-,12-/m0/s1. The van der Waals surface area contributed by atoms with Gasteiger partial charge in [0.15, 0.2) is 0 Å². The molecule has 2 aliphatic rings. The largest absolute Gasteiger partial charge is 0.505 e. The predicted molar refractivity (Wildman–Crippen MR) is 54.7 cm³/mol. The zero-order valence-corrected chi connectivity index (χ0v) is 9.17. The average Bonchev–Trinajstić information content (AvgIpc) is 2.48. The van der Waals surface area contributed by atoms with Gasteiger partial charge >= 0.3 is 0 Å². The highest BCUT2D eigenvalue weighted by molar-refractivity contribution is 5.91. The van der Waals surface area contributed by atoms with Crippen LogP contribution in [0.4, 0.5) is 0 Å². The van der Waals surface area contributed by atoms with E-state index >= 15 is 0 Å². The van der Waals surface area contributed by atoms with Crippen molar-refractivity contribution in [1.29, 1.82) is 0 Å². The molecule has 0 aliphatic heterocycles. The smallest absolute Gasteiger partial charge is 0.143 e. The summed E-state index contributed by atoms with van der Waals surface area (Å²) in [6.07, 6.45) is 6.62. The number of methoxy groups -OCH3 is 1. The lowest BCUT2D eigenvalue weighted by atomic mass is 9.69. The van der Waals surface area contributed by atoms with E-state index in [0.717, 1.165) is 12.8 Å². The van der Waals surface area contributed by atoms with Crippen LogP contribution in [-0.2, 0) is 9.53 Å².